The van der Waals surface area contributed by atoms with E-state index in [0.717, 1.165) is 43.2 Å². The highest BCUT2D eigenvalue weighted by Crippen LogP contribution is 2.37. The van der Waals surface area contributed by atoms with Crippen LogP contribution in [0, 0.1) is 35.4 Å². The molecule has 1 aromatic carbocycles. The molecule has 0 bridgehead atoms. The molecule has 0 saturated heterocycles. The Kier molecular flexibility index (Phi) is 8.46. The molecule has 0 N–H and O–H groups in total. The minimum Gasteiger partial charge on any atom is -0.403 e. The number of hydrogen-bond acceptors (Lipinski definition) is 1. The molecule has 2 fully saturated rings. The second-order valence-corrected chi connectivity index (χ2v) is 9.00. The van der Waals surface area contributed by atoms with Gasteiger partial charge < -0.3 is 4.74 Å². The zero-order valence-corrected chi connectivity index (χ0v) is 18.2. The molecule has 2 aliphatic carbocycles. The molecular formula is C26H32F4O. The fraction of sp³-hybridized carbons (Fsp3) is 0.615. The van der Waals surface area contributed by atoms with Crippen LogP contribution < -0.4 is 4.74 Å². The first-order valence-corrected chi connectivity index (χ1v) is 11.6. The van der Waals surface area contributed by atoms with E-state index in [1.54, 1.807) is 6.07 Å². The van der Waals surface area contributed by atoms with Crippen LogP contribution in [-0.4, -0.2) is 6.36 Å². The molecule has 31 heavy (non-hydrogen) atoms. The Hall–Kier alpha value is -1.96. The molecule has 0 atom stereocenters. The first-order valence-electron chi connectivity index (χ1n) is 11.6. The molecule has 0 heterocycles. The highest BCUT2D eigenvalue weighted by molar-refractivity contribution is 5.32. The van der Waals surface area contributed by atoms with E-state index in [9.17, 15) is 17.6 Å². The van der Waals surface area contributed by atoms with E-state index in [0.29, 0.717) is 11.8 Å². The Labute approximate surface area is 183 Å². The third-order valence-corrected chi connectivity index (χ3v) is 6.71. The quantitative estimate of drug-likeness (QED) is 0.334. The van der Waals surface area contributed by atoms with Gasteiger partial charge in [-0.3, -0.25) is 0 Å². The lowest BCUT2D eigenvalue weighted by Gasteiger charge is -2.26. The molecular weight excluding hydrogens is 404 g/mol. The normalized spacial score (nSPS) is 27.0. The van der Waals surface area contributed by atoms with Crippen LogP contribution in [-0.2, 0) is 0 Å². The lowest BCUT2D eigenvalue weighted by Crippen LogP contribution is -2.18. The van der Waals surface area contributed by atoms with Gasteiger partial charge in [0.25, 0.3) is 0 Å². The Morgan fingerprint density at radius 1 is 1.03 bits per heavy atom. The number of halogens is 4. The van der Waals surface area contributed by atoms with E-state index in [1.807, 2.05) is 6.08 Å². The van der Waals surface area contributed by atoms with E-state index >= 15 is 0 Å². The second-order valence-electron chi connectivity index (χ2n) is 9.00. The number of ether oxygens (including phenoxy) is 1. The SMILES string of the molecule is CCCC1CCC(/C=C/C#CC2CCC(c3ccc(OC(F)(F)F)c(F)c3)CC2)CC1. The van der Waals surface area contributed by atoms with Crippen molar-refractivity contribution in [1.82, 2.24) is 0 Å². The van der Waals surface area contributed by atoms with Gasteiger partial charge in [0.15, 0.2) is 11.6 Å². The van der Waals surface area contributed by atoms with E-state index in [1.165, 1.54) is 44.6 Å². The molecule has 0 aliphatic heterocycles. The summed E-state index contributed by atoms with van der Waals surface area (Å²) in [6.07, 6.45) is 10.9. The van der Waals surface area contributed by atoms with Crippen LogP contribution in [0.25, 0.3) is 0 Å². The molecule has 170 valence electrons. The summed E-state index contributed by atoms with van der Waals surface area (Å²) < 4.78 is 54.6. The summed E-state index contributed by atoms with van der Waals surface area (Å²) in [6, 6.07) is 3.79. The van der Waals surface area contributed by atoms with Gasteiger partial charge in [-0.15, -0.1) is 13.2 Å². The molecule has 3 rings (SSSR count). The van der Waals surface area contributed by atoms with Crippen molar-refractivity contribution in [2.24, 2.45) is 17.8 Å². The minimum atomic E-state index is -4.89. The number of alkyl halides is 3. The largest absolute Gasteiger partial charge is 0.573 e. The standard InChI is InChI=1S/C26H32F4O/c1-2-5-19-8-10-20(11-9-19)6-3-4-7-21-12-14-22(15-13-21)23-16-17-25(24(27)18-23)31-26(28,29)30/h3,6,16-22H,2,5,8-15H2,1H3/b6-3+. The maximum atomic E-state index is 14.0. The molecule has 0 amide bonds. The Balaban J connectivity index is 1.44. The monoisotopic (exact) mass is 436 g/mol. The van der Waals surface area contributed by atoms with Gasteiger partial charge in [-0.1, -0.05) is 43.7 Å². The van der Waals surface area contributed by atoms with Gasteiger partial charge in [0.2, 0.25) is 0 Å². The van der Waals surface area contributed by atoms with Crippen molar-refractivity contribution in [2.75, 3.05) is 0 Å². The van der Waals surface area contributed by atoms with Crippen LogP contribution >= 0.6 is 0 Å². The summed E-state index contributed by atoms with van der Waals surface area (Å²) in [5.41, 5.74) is 0.733. The summed E-state index contributed by atoms with van der Waals surface area (Å²) in [5, 5.41) is 0. The Bertz CT molecular complexity index is 786. The predicted molar refractivity (Wildman–Crippen MR) is 115 cm³/mol. The lowest BCUT2D eigenvalue weighted by molar-refractivity contribution is -0.275. The maximum Gasteiger partial charge on any atom is 0.573 e. The fourth-order valence-electron chi connectivity index (χ4n) is 4.98. The molecule has 2 saturated carbocycles. The van der Waals surface area contributed by atoms with E-state index in [-0.39, 0.29) is 5.92 Å². The van der Waals surface area contributed by atoms with Gasteiger partial charge in [-0.25, -0.2) is 4.39 Å². The minimum absolute atomic E-state index is 0.154. The van der Waals surface area contributed by atoms with Crippen molar-refractivity contribution in [3.63, 3.8) is 0 Å². The second kappa shape index (κ2) is 11.1. The van der Waals surface area contributed by atoms with Crippen molar-refractivity contribution in [3.05, 3.63) is 41.7 Å². The van der Waals surface area contributed by atoms with Crippen LogP contribution in [0.15, 0.2) is 30.4 Å². The van der Waals surface area contributed by atoms with Gasteiger partial charge in [0.1, 0.15) is 0 Å². The average Bonchev–Trinajstić information content (AvgIpc) is 2.74. The topological polar surface area (TPSA) is 9.23 Å². The summed E-state index contributed by atoms with van der Waals surface area (Å²) in [5.74, 6) is 6.89. The van der Waals surface area contributed by atoms with Gasteiger partial charge in [-0.05, 0) is 92.9 Å². The van der Waals surface area contributed by atoms with Crippen LogP contribution in [0.5, 0.6) is 5.75 Å². The van der Waals surface area contributed by atoms with Crippen molar-refractivity contribution < 1.29 is 22.3 Å². The predicted octanol–water partition coefficient (Wildman–Crippen LogP) is 8.16. The highest BCUT2D eigenvalue weighted by Gasteiger charge is 2.32. The van der Waals surface area contributed by atoms with Crippen molar-refractivity contribution in [2.45, 2.75) is 83.4 Å². The Morgan fingerprint density at radius 2 is 1.74 bits per heavy atom. The third-order valence-electron chi connectivity index (χ3n) is 6.71. The van der Waals surface area contributed by atoms with Gasteiger partial charge >= 0.3 is 6.36 Å². The number of rotatable bonds is 5. The smallest absolute Gasteiger partial charge is 0.403 e. The summed E-state index contributed by atoms with van der Waals surface area (Å²) in [4.78, 5) is 0. The molecule has 5 heteroatoms. The summed E-state index contributed by atoms with van der Waals surface area (Å²) in [7, 11) is 0. The lowest BCUT2D eigenvalue weighted by atomic mass is 9.79. The number of benzene rings is 1. The molecule has 0 aromatic heterocycles. The van der Waals surface area contributed by atoms with Crippen LogP contribution in [0.1, 0.15) is 82.6 Å². The van der Waals surface area contributed by atoms with E-state index in [2.05, 4.69) is 29.6 Å². The van der Waals surface area contributed by atoms with Gasteiger partial charge in [0.05, 0.1) is 0 Å². The Morgan fingerprint density at radius 3 is 2.35 bits per heavy atom. The molecule has 0 spiro atoms. The van der Waals surface area contributed by atoms with Gasteiger partial charge in [-0.2, -0.15) is 0 Å². The molecule has 0 unspecified atom stereocenters. The van der Waals surface area contributed by atoms with Crippen molar-refractivity contribution in [1.29, 1.82) is 0 Å². The van der Waals surface area contributed by atoms with E-state index in [4.69, 9.17) is 0 Å². The highest BCUT2D eigenvalue weighted by atomic mass is 19.4. The molecule has 1 aromatic rings. The average molecular weight is 437 g/mol. The fourth-order valence-corrected chi connectivity index (χ4v) is 4.98. The van der Waals surface area contributed by atoms with E-state index < -0.39 is 17.9 Å². The van der Waals surface area contributed by atoms with Crippen molar-refractivity contribution >= 4 is 0 Å². The zero-order valence-electron chi connectivity index (χ0n) is 18.2. The van der Waals surface area contributed by atoms with Gasteiger partial charge in [0, 0.05) is 5.92 Å². The first kappa shape index (κ1) is 23.7. The number of hydrogen-bond donors (Lipinski definition) is 0. The first-order chi connectivity index (χ1) is 14.8. The third kappa shape index (κ3) is 7.59. The summed E-state index contributed by atoms with van der Waals surface area (Å²) >= 11 is 0. The maximum absolute atomic E-state index is 14.0. The van der Waals surface area contributed by atoms with Crippen LogP contribution in [0.2, 0.25) is 0 Å². The van der Waals surface area contributed by atoms with Crippen molar-refractivity contribution in [3.8, 4) is 17.6 Å². The van der Waals surface area contributed by atoms with Crippen LogP contribution in [0.4, 0.5) is 17.6 Å². The molecule has 2 aliphatic rings. The van der Waals surface area contributed by atoms with Crippen LogP contribution in [0.3, 0.4) is 0 Å². The molecule has 1 nitrogen and oxygen atoms in total. The molecule has 0 radical (unpaired) electrons. The number of allylic oxidation sites excluding steroid dienone is 2. The summed E-state index contributed by atoms with van der Waals surface area (Å²) in [6.45, 7) is 2.26. The zero-order chi connectivity index (χ0) is 22.3.